The molecule has 0 radical (unpaired) electrons. The molecule has 1 fully saturated rings. The van der Waals surface area contributed by atoms with Gasteiger partial charge in [-0.25, -0.2) is 27.3 Å². The first-order valence-corrected chi connectivity index (χ1v) is 12.4. The van der Waals surface area contributed by atoms with Gasteiger partial charge in [-0.3, -0.25) is 4.68 Å². The average molecular weight is 505 g/mol. The highest BCUT2D eigenvalue weighted by Gasteiger charge is 2.50. The van der Waals surface area contributed by atoms with Crippen LogP contribution in [0, 0.1) is 6.92 Å². The van der Waals surface area contributed by atoms with Crippen LogP contribution < -0.4 is 4.72 Å². The van der Waals surface area contributed by atoms with Crippen molar-refractivity contribution in [2.75, 3.05) is 6.67 Å². The number of fused-ring (bicyclic) bond motifs is 1. The number of hydrogen-bond acceptors (Lipinski definition) is 8. The number of halogens is 1. The maximum atomic E-state index is 13.4. The van der Waals surface area contributed by atoms with Crippen molar-refractivity contribution in [3.05, 3.63) is 53.5 Å². The maximum Gasteiger partial charge on any atom is 0.502 e. The molecule has 2 aliphatic carbocycles. The minimum Gasteiger partial charge on any atom is -0.357 e. The molecule has 1 saturated carbocycles. The van der Waals surface area contributed by atoms with E-state index in [2.05, 4.69) is 20.0 Å². The SMILES string of the molecule is Cc1cc(CN2C(=O)C3=CC(S(=O)(=O)NC4(CF)CC4)C=CC3=[N+](Cc3ncn(C)n3)C2=O)on1. The first kappa shape index (κ1) is 23.2. The first-order valence-electron chi connectivity index (χ1n) is 10.9. The van der Waals surface area contributed by atoms with Crippen LogP contribution in [0.5, 0.6) is 0 Å². The number of hydrogen-bond donors (Lipinski definition) is 1. The van der Waals surface area contributed by atoms with Crippen LogP contribution in [0.4, 0.5) is 9.18 Å². The van der Waals surface area contributed by atoms with Crippen LogP contribution in [0.2, 0.25) is 0 Å². The zero-order chi connectivity index (χ0) is 25.0. The summed E-state index contributed by atoms with van der Waals surface area (Å²) >= 11 is 0. The van der Waals surface area contributed by atoms with Crippen LogP contribution in [0.1, 0.15) is 30.1 Å². The standard InChI is InChI=1S/C21H23FN7O5S/c1-13-7-14(34-25-13)9-29-19(30)16-8-15(35(32,33)26-21(11-22)5-6-21)3-4-17(16)28(20(29)31)10-18-23-12-27(2)24-18/h3-4,7-8,12,15,26H,5-6,9-11H2,1-2H3/q+1. The Kier molecular flexibility index (Phi) is 5.51. The topological polar surface area (TPSA) is 143 Å². The number of sulfonamides is 1. The molecule has 12 nitrogen and oxygen atoms in total. The van der Waals surface area contributed by atoms with Crippen molar-refractivity contribution in [2.45, 2.75) is 43.6 Å². The summed E-state index contributed by atoms with van der Waals surface area (Å²) in [6.07, 6.45) is 6.37. The van der Waals surface area contributed by atoms with Crippen LogP contribution in [-0.2, 0) is 35.0 Å². The number of alkyl halides is 1. The Labute approximate surface area is 199 Å². The highest BCUT2D eigenvalue weighted by atomic mass is 32.2. The molecule has 0 spiro atoms. The molecule has 1 N–H and O–H groups in total. The van der Waals surface area contributed by atoms with Gasteiger partial charge in [-0.2, -0.15) is 14.5 Å². The lowest BCUT2D eigenvalue weighted by Crippen LogP contribution is -2.52. The van der Waals surface area contributed by atoms with Crippen LogP contribution >= 0.6 is 0 Å². The third kappa shape index (κ3) is 4.34. The normalized spacial score (nSPS) is 21.4. The lowest BCUT2D eigenvalue weighted by Gasteiger charge is -2.26. The molecule has 35 heavy (non-hydrogen) atoms. The molecule has 0 saturated heterocycles. The fourth-order valence-corrected chi connectivity index (χ4v) is 5.59. The first-order chi connectivity index (χ1) is 16.6. The highest BCUT2D eigenvalue weighted by Crippen LogP contribution is 2.37. The van der Waals surface area contributed by atoms with E-state index in [1.54, 1.807) is 20.0 Å². The highest BCUT2D eigenvalue weighted by molar-refractivity contribution is 7.90. The number of carbonyl (C=O) groups is 2. The summed E-state index contributed by atoms with van der Waals surface area (Å²) in [7, 11) is -2.34. The van der Waals surface area contributed by atoms with Gasteiger partial charge in [-0.15, -0.1) is 4.90 Å². The lowest BCUT2D eigenvalue weighted by molar-refractivity contribution is -0.454. The molecular weight excluding hydrogens is 481 g/mol. The number of imide groups is 1. The van der Waals surface area contributed by atoms with E-state index in [0.717, 1.165) is 4.90 Å². The van der Waals surface area contributed by atoms with Crippen LogP contribution in [0.3, 0.4) is 0 Å². The number of allylic oxidation sites excluding steroid dienone is 1. The van der Waals surface area contributed by atoms with Crippen LogP contribution in [0.15, 0.2) is 40.7 Å². The Morgan fingerprint density at radius 2 is 2.11 bits per heavy atom. The van der Waals surface area contributed by atoms with E-state index in [4.69, 9.17) is 4.52 Å². The van der Waals surface area contributed by atoms with Crippen molar-refractivity contribution in [2.24, 2.45) is 7.05 Å². The molecule has 0 bridgehead atoms. The van der Waals surface area contributed by atoms with Crippen molar-refractivity contribution < 1.29 is 31.5 Å². The summed E-state index contributed by atoms with van der Waals surface area (Å²) in [5.74, 6) is -0.0543. The minimum absolute atomic E-state index is 0.0275. The average Bonchev–Trinajstić information content (AvgIpc) is 3.26. The fourth-order valence-electron chi connectivity index (χ4n) is 3.99. The van der Waals surface area contributed by atoms with Gasteiger partial charge in [0, 0.05) is 13.1 Å². The van der Waals surface area contributed by atoms with E-state index in [9.17, 15) is 22.4 Å². The smallest absolute Gasteiger partial charge is 0.357 e. The molecule has 5 rings (SSSR count). The van der Waals surface area contributed by atoms with Crippen molar-refractivity contribution in [1.29, 1.82) is 0 Å². The number of nitrogens with one attached hydrogen (secondary N) is 1. The summed E-state index contributed by atoms with van der Waals surface area (Å²) < 4.78 is 49.7. The molecule has 14 heteroatoms. The van der Waals surface area contributed by atoms with Gasteiger partial charge in [0.1, 0.15) is 29.5 Å². The van der Waals surface area contributed by atoms with Gasteiger partial charge >= 0.3 is 11.9 Å². The van der Waals surface area contributed by atoms with Gasteiger partial charge in [-0.05, 0) is 31.9 Å². The summed E-state index contributed by atoms with van der Waals surface area (Å²) in [6.45, 7) is 0.661. The van der Waals surface area contributed by atoms with E-state index in [-0.39, 0.29) is 24.4 Å². The second kappa shape index (κ2) is 8.30. The third-order valence-corrected chi connectivity index (χ3v) is 7.77. The number of aryl methyl sites for hydroxylation is 2. The molecule has 1 atom stereocenters. The number of urea groups is 1. The lowest BCUT2D eigenvalue weighted by atomic mass is 9.99. The predicted octanol–water partition coefficient (Wildman–Crippen LogP) is 0.514. The van der Waals surface area contributed by atoms with Gasteiger partial charge in [-0.1, -0.05) is 11.2 Å². The molecule has 184 valence electrons. The number of aromatic nitrogens is 4. The van der Waals surface area contributed by atoms with E-state index < -0.39 is 39.4 Å². The van der Waals surface area contributed by atoms with Crippen molar-refractivity contribution in [3.8, 4) is 0 Å². The third-order valence-electron chi connectivity index (χ3n) is 6.04. The predicted molar refractivity (Wildman–Crippen MR) is 118 cm³/mol. The Morgan fingerprint density at radius 1 is 1.34 bits per heavy atom. The van der Waals surface area contributed by atoms with E-state index in [1.807, 2.05) is 0 Å². The number of amides is 3. The quantitative estimate of drug-likeness (QED) is 0.513. The van der Waals surface area contributed by atoms with E-state index in [0.29, 0.717) is 30.1 Å². The second-order valence-corrected chi connectivity index (χ2v) is 10.7. The fraction of sp³-hybridized carbons (Fsp3) is 0.429. The summed E-state index contributed by atoms with van der Waals surface area (Å²) in [5.41, 5.74) is -0.234. The molecule has 2 aromatic rings. The Hall–Kier alpha value is -3.52. The van der Waals surface area contributed by atoms with Gasteiger partial charge in [0.15, 0.2) is 24.7 Å². The zero-order valence-corrected chi connectivity index (χ0v) is 19.8. The van der Waals surface area contributed by atoms with Crippen molar-refractivity contribution in [3.63, 3.8) is 0 Å². The molecule has 3 aliphatic rings. The summed E-state index contributed by atoms with van der Waals surface area (Å²) in [4.78, 5) is 31.9. The van der Waals surface area contributed by atoms with E-state index >= 15 is 0 Å². The van der Waals surface area contributed by atoms with Crippen LogP contribution in [0.25, 0.3) is 0 Å². The molecular formula is C21H23FN7O5S+. The largest absolute Gasteiger partial charge is 0.502 e. The Bertz CT molecular complexity index is 1420. The number of carbonyl (C=O) groups excluding carboxylic acids is 2. The zero-order valence-electron chi connectivity index (χ0n) is 19.0. The van der Waals surface area contributed by atoms with Gasteiger partial charge < -0.3 is 4.52 Å². The molecule has 1 unspecified atom stereocenters. The monoisotopic (exact) mass is 504 g/mol. The summed E-state index contributed by atoms with van der Waals surface area (Å²) in [6, 6.07) is 0.963. The van der Waals surface area contributed by atoms with Crippen molar-refractivity contribution >= 4 is 27.7 Å². The van der Waals surface area contributed by atoms with Gasteiger partial charge in [0.05, 0.1) is 11.2 Å². The van der Waals surface area contributed by atoms with Crippen LogP contribution in [-0.4, -0.2) is 72.9 Å². The molecule has 0 aromatic carbocycles. The molecule has 1 aliphatic heterocycles. The summed E-state index contributed by atoms with van der Waals surface area (Å²) in [5, 5.41) is 6.77. The van der Waals surface area contributed by atoms with E-state index in [1.165, 1.54) is 33.8 Å². The Morgan fingerprint density at radius 3 is 2.71 bits per heavy atom. The number of nitrogens with zero attached hydrogens (tertiary/aromatic N) is 6. The van der Waals surface area contributed by atoms with Gasteiger partial charge in [0.2, 0.25) is 10.0 Å². The van der Waals surface area contributed by atoms with Gasteiger partial charge in [0.25, 0.3) is 0 Å². The molecule has 2 aromatic heterocycles. The second-order valence-electron chi connectivity index (χ2n) is 8.88. The molecule has 3 amide bonds. The number of rotatable bonds is 8. The minimum atomic E-state index is -4.02. The molecule has 3 heterocycles. The maximum absolute atomic E-state index is 13.4. The van der Waals surface area contributed by atoms with Crippen molar-refractivity contribution in [1.82, 2.24) is 29.5 Å². The Balaban J connectivity index is 1.53.